The number of rotatable bonds is 4. The van der Waals surface area contributed by atoms with Crippen LogP contribution in [0.1, 0.15) is 53.7 Å². The van der Waals surface area contributed by atoms with Gasteiger partial charge in [-0.15, -0.1) is 0 Å². The van der Waals surface area contributed by atoms with Crippen molar-refractivity contribution < 1.29 is 4.79 Å². The number of nitrogens with zero attached hydrogens (tertiary/aromatic N) is 4. The number of likely N-dealkylation sites (tertiary alicyclic amines) is 1. The van der Waals surface area contributed by atoms with E-state index in [4.69, 9.17) is 0 Å². The van der Waals surface area contributed by atoms with Crippen molar-refractivity contribution in [2.45, 2.75) is 45.6 Å². The third-order valence-electron chi connectivity index (χ3n) is 4.73. The minimum absolute atomic E-state index is 0.123. The molecule has 23 heavy (non-hydrogen) atoms. The third kappa shape index (κ3) is 3.28. The highest BCUT2D eigenvalue weighted by Crippen LogP contribution is 2.28. The Hall–Kier alpha value is -2.17. The summed E-state index contributed by atoms with van der Waals surface area (Å²) in [6.45, 7) is 6.59. The van der Waals surface area contributed by atoms with Crippen LogP contribution in [0, 0.1) is 6.92 Å². The molecule has 1 aliphatic rings. The van der Waals surface area contributed by atoms with Crippen LogP contribution in [0.4, 0.5) is 0 Å². The van der Waals surface area contributed by atoms with Crippen LogP contribution in [0.5, 0.6) is 0 Å². The van der Waals surface area contributed by atoms with Crippen molar-refractivity contribution in [1.29, 1.82) is 0 Å². The fraction of sp³-hybridized carbons (Fsp3) is 0.500. The van der Waals surface area contributed by atoms with Crippen molar-refractivity contribution in [2.75, 3.05) is 13.1 Å². The van der Waals surface area contributed by atoms with Crippen LogP contribution in [-0.2, 0) is 6.54 Å². The van der Waals surface area contributed by atoms with Crippen LogP contribution in [0.25, 0.3) is 0 Å². The SMILES string of the molecule is CCCn1ncc(C(=O)N2CCC(c3ccncc3)CC2)c1C. The maximum absolute atomic E-state index is 12.7. The number of piperidine rings is 1. The van der Waals surface area contributed by atoms with Gasteiger partial charge in [0.15, 0.2) is 0 Å². The molecule has 2 aromatic rings. The summed E-state index contributed by atoms with van der Waals surface area (Å²) in [7, 11) is 0. The molecule has 2 aromatic heterocycles. The molecule has 0 radical (unpaired) electrons. The Labute approximate surface area is 137 Å². The van der Waals surface area contributed by atoms with Crippen LogP contribution >= 0.6 is 0 Å². The summed E-state index contributed by atoms with van der Waals surface area (Å²) in [5.74, 6) is 0.656. The molecule has 5 nitrogen and oxygen atoms in total. The van der Waals surface area contributed by atoms with Crippen molar-refractivity contribution in [3.8, 4) is 0 Å². The lowest BCUT2D eigenvalue weighted by Gasteiger charge is -2.32. The fourth-order valence-corrected chi connectivity index (χ4v) is 3.32. The van der Waals surface area contributed by atoms with Crippen molar-refractivity contribution in [2.24, 2.45) is 0 Å². The number of pyridine rings is 1. The van der Waals surface area contributed by atoms with Gasteiger partial charge in [0.1, 0.15) is 0 Å². The average molecular weight is 312 g/mol. The fourth-order valence-electron chi connectivity index (χ4n) is 3.32. The normalized spacial score (nSPS) is 15.8. The summed E-state index contributed by atoms with van der Waals surface area (Å²) in [4.78, 5) is 18.8. The lowest BCUT2D eigenvalue weighted by Crippen LogP contribution is -2.38. The summed E-state index contributed by atoms with van der Waals surface area (Å²) in [6.07, 6.45) is 8.46. The minimum Gasteiger partial charge on any atom is -0.338 e. The summed E-state index contributed by atoms with van der Waals surface area (Å²) >= 11 is 0. The predicted molar refractivity (Wildman–Crippen MR) is 89.4 cm³/mol. The van der Waals surface area contributed by atoms with Gasteiger partial charge in [-0.3, -0.25) is 14.5 Å². The average Bonchev–Trinajstić information content (AvgIpc) is 2.96. The van der Waals surface area contributed by atoms with Gasteiger partial charge in [-0.25, -0.2) is 0 Å². The molecule has 0 unspecified atom stereocenters. The van der Waals surface area contributed by atoms with Gasteiger partial charge in [0.05, 0.1) is 11.8 Å². The summed E-state index contributed by atoms with van der Waals surface area (Å²) in [5, 5.41) is 4.35. The minimum atomic E-state index is 0.123. The number of carbonyl (C=O) groups excluding carboxylic acids is 1. The van der Waals surface area contributed by atoms with E-state index in [9.17, 15) is 4.79 Å². The smallest absolute Gasteiger partial charge is 0.257 e. The molecule has 0 saturated carbocycles. The number of hydrogen-bond acceptors (Lipinski definition) is 3. The number of hydrogen-bond donors (Lipinski definition) is 0. The zero-order chi connectivity index (χ0) is 16.2. The largest absolute Gasteiger partial charge is 0.338 e. The van der Waals surface area contributed by atoms with Gasteiger partial charge in [0.25, 0.3) is 5.91 Å². The summed E-state index contributed by atoms with van der Waals surface area (Å²) < 4.78 is 1.93. The lowest BCUT2D eigenvalue weighted by atomic mass is 9.90. The highest BCUT2D eigenvalue weighted by molar-refractivity contribution is 5.95. The van der Waals surface area contributed by atoms with Crippen molar-refractivity contribution in [1.82, 2.24) is 19.7 Å². The molecule has 0 aromatic carbocycles. The Bertz CT molecular complexity index is 657. The van der Waals surface area contributed by atoms with E-state index in [0.717, 1.165) is 50.2 Å². The number of aromatic nitrogens is 3. The first-order valence-corrected chi connectivity index (χ1v) is 8.42. The monoisotopic (exact) mass is 312 g/mol. The maximum Gasteiger partial charge on any atom is 0.257 e. The molecule has 1 aliphatic heterocycles. The van der Waals surface area contributed by atoms with Crippen molar-refractivity contribution >= 4 is 5.91 Å². The number of carbonyl (C=O) groups is 1. The standard InChI is InChI=1S/C18H24N4O/c1-3-10-22-14(2)17(13-20-22)18(23)21-11-6-16(7-12-21)15-4-8-19-9-5-15/h4-5,8-9,13,16H,3,6-7,10-12H2,1-2H3. The van der Waals surface area contributed by atoms with E-state index in [1.165, 1.54) is 5.56 Å². The topological polar surface area (TPSA) is 51.0 Å². The highest BCUT2D eigenvalue weighted by atomic mass is 16.2. The molecule has 3 rings (SSSR count). The molecule has 0 bridgehead atoms. The van der Waals surface area contributed by atoms with Crippen molar-refractivity contribution in [3.63, 3.8) is 0 Å². The second-order valence-corrected chi connectivity index (χ2v) is 6.21. The molecule has 5 heteroatoms. The Morgan fingerprint density at radius 2 is 1.96 bits per heavy atom. The van der Waals surface area contributed by atoms with E-state index >= 15 is 0 Å². The molecule has 0 aliphatic carbocycles. The second-order valence-electron chi connectivity index (χ2n) is 6.21. The van der Waals surface area contributed by atoms with Crippen LogP contribution in [0.3, 0.4) is 0 Å². The van der Waals surface area contributed by atoms with Gasteiger partial charge in [0.2, 0.25) is 0 Å². The quantitative estimate of drug-likeness (QED) is 0.872. The Morgan fingerprint density at radius 1 is 1.26 bits per heavy atom. The number of aryl methyl sites for hydroxylation is 1. The van der Waals surface area contributed by atoms with Crippen LogP contribution in [0.2, 0.25) is 0 Å². The molecular formula is C18H24N4O. The van der Waals surface area contributed by atoms with E-state index in [2.05, 4.69) is 29.1 Å². The van der Waals surface area contributed by atoms with Crippen LogP contribution < -0.4 is 0 Å². The van der Waals surface area contributed by atoms with E-state index in [0.29, 0.717) is 5.92 Å². The van der Waals surface area contributed by atoms with Gasteiger partial charge in [0, 0.05) is 37.7 Å². The second kappa shape index (κ2) is 6.94. The van der Waals surface area contributed by atoms with Gasteiger partial charge < -0.3 is 4.90 Å². The Balaban J connectivity index is 1.64. The van der Waals surface area contributed by atoms with Gasteiger partial charge in [-0.1, -0.05) is 6.92 Å². The molecule has 1 fully saturated rings. The van der Waals surface area contributed by atoms with Gasteiger partial charge in [-0.05, 0) is 49.8 Å². The first-order valence-electron chi connectivity index (χ1n) is 8.42. The third-order valence-corrected chi connectivity index (χ3v) is 4.73. The van der Waals surface area contributed by atoms with Crippen molar-refractivity contribution in [3.05, 3.63) is 47.5 Å². The molecule has 3 heterocycles. The summed E-state index contributed by atoms with van der Waals surface area (Å²) in [5.41, 5.74) is 3.06. The van der Waals surface area contributed by atoms with Crippen LogP contribution in [0.15, 0.2) is 30.7 Å². The van der Waals surface area contributed by atoms with Crippen LogP contribution in [-0.4, -0.2) is 38.7 Å². The zero-order valence-corrected chi connectivity index (χ0v) is 13.9. The lowest BCUT2D eigenvalue weighted by molar-refractivity contribution is 0.0712. The van der Waals surface area contributed by atoms with Gasteiger partial charge >= 0.3 is 0 Å². The van der Waals surface area contributed by atoms with E-state index < -0.39 is 0 Å². The molecule has 122 valence electrons. The first kappa shape index (κ1) is 15.7. The van der Waals surface area contributed by atoms with E-state index in [1.807, 2.05) is 28.9 Å². The zero-order valence-electron chi connectivity index (χ0n) is 13.9. The Kier molecular flexibility index (Phi) is 4.74. The van der Waals surface area contributed by atoms with Gasteiger partial charge in [-0.2, -0.15) is 5.10 Å². The predicted octanol–water partition coefficient (Wildman–Crippen LogP) is 3.02. The van der Waals surface area contributed by atoms with E-state index in [-0.39, 0.29) is 5.91 Å². The first-order chi connectivity index (χ1) is 11.2. The maximum atomic E-state index is 12.7. The molecule has 0 N–H and O–H groups in total. The Morgan fingerprint density at radius 3 is 2.61 bits per heavy atom. The molecular weight excluding hydrogens is 288 g/mol. The summed E-state index contributed by atoms with van der Waals surface area (Å²) in [6, 6.07) is 4.17. The number of amides is 1. The highest BCUT2D eigenvalue weighted by Gasteiger charge is 2.26. The molecule has 1 saturated heterocycles. The molecule has 1 amide bonds. The molecule has 0 spiro atoms. The molecule has 0 atom stereocenters. The van der Waals surface area contributed by atoms with E-state index in [1.54, 1.807) is 6.20 Å².